The number of carboxylic acid groups (broad SMARTS) is 4. The second kappa shape index (κ2) is 7.58. The van der Waals surface area contributed by atoms with E-state index in [4.69, 9.17) is 14.6 Å². The highest BCUT2D eigenvalue weighted by Gasteiger charge is 2.58. The molecule has 146 valence electrons. The first-order valence-electron chi connectivity index (χ1n) is 8.20. The van der Waals surface area contributed by atoms with Crippen molar-refractivity contribution in [1.82, 2.24) is 0 Å². The first kappa shape index (κ1) is 20.1. The summed E-state index contributed by atoms with van der Waals surface area (Å²) in [6.45, 7) is 1.96. The van der Waals surface area contributed by atoms with E-state index in [2.05, 4.69) is 0 Å². The molecule has 2 saturated heterocycles. The molecule has 2 rings (SSSR count). The number of aliphatic carboxylic acids is 4. The zero-order valence-corrected chi connectivity index (χ0v) is 14.2. The Labute approximate surface area is 148 Å². The zero-order valence-electron chi connectivity index (χ0n) is 14.2. The molecule has 0 spiro atoms. The van der Waals surface area contributed by atoms with Crippen LogP contribution < -0.4 is 0 Å². The monoisotopic (exact) mass is 374 g/mol. The summed E-state index contributed by atoms with van der Waals surface area (Å²) < 4.78 is 11.2. The molecule has 6 atom stereocenters. The topological polar surface area (TPSA) is 171 Å². The number of rotatable bonds is 9. The lowest BCUT2D eigenvalue weighted by Gasteiger charge is -2.47. The van der Waals surface area contributed by atoms with E-state index in [0.717, 1.165) is 0 Å². The SMILES string of the molecule is C[C@]1([C@@H]2OC(CC(=O)O)[C@@H](CC(=O)O)[C@@H](CC(=O)O)[C@@H]2CC(=O)O)CO1. The number of hydrogen-bond acceptors (Lipinski definition) is 6. The molecule has 26 heavy (non-hydrogen) atoms. The largest absolute Gasteiger partial charge is 0.481 e. The Kier molecular flexibility index (Phi) is 5.87. The van der Waals surface area contributed by atoms with Crippen molar-refractivity contribution in [1.29, 1.82) is 0 Å². The van der Waals surface area contributed by atoms with Gasteiger partial charge in [0.15, 0.2) is 0 Å². The maximum absolute atomic E-state index is 11.3. The summed E-state index contributed by atoms with van der Waals surface area (Å²) in [6.07, 6.45) is -3.75. The van der Waals surface area contributed by atoms with Crippen molar-refractivity contribution in [2.75, 3.05) is 6.61 Å². The fourth-order valence-electron chi connectivity index (χ4n) is 3.90. The van der Waals surface area contributed by atoms with E-state index in [1.54, 1.807) is 6.92 Å². The molecule has 0 aromatic carbocycles. The Morgan fingerprint density at radius 2 is 1.23 bits per heavy atom. The quantitative estimate of drug-likeness (QED) is 0.411. The van der Waals surface area contributed by atoms with Gasteiger partial charge in [-0.3, -0.25) is 19.2 Å². The van der Waals surface area contributed by atoms with Gasteiger partial charge in [0.25, 0.3) is 0 Å². The maximum Gasteiger partial charge on any atom is 0.305 e. The van der Waals surface area contributed by atoms with Crippen molar-refractivity contribution in [3.63, 3.8) is 0 Å². The molecule has 2 aliphatic heterocycles. The zero-order chi connectivity index (χ0) is 19.6. The van der Waals surface area contributed by atoms with Crippen LogP contribution in [-0.4, -0.2) is 68.7 Å². The summed E-state index contributed by atoms with van der Waals surface area (Å²) in [5.41, 5.74) is -0.832. The Morgan fingerprint density at radius 3 is 1.65 bits per heavy atom. The normalized spacial score (nSPS) is 36.3. The van der Waals surface area contributed by atoms with E-state index in [1.807, 2.05) is 0 Å². The van der Waals surface area contributed by atoms with Crippen LogP contribution in [0, 0.1) is 17.8 Å². The molecule has 4 N–H and O–H groups in total. The van der Waals surface area contributed by atoms with Crippen LogP contribution in [0.4, 0.5) is 0 Å². The van der Waals surface area contributed by atoms with Crippen molar-refractivity contribution in [2.24, 2.45) is 17.8 Å². The number of carboxylic acids is 4. The van der Waals surface area contributed by atoms with E-state index in [1.165, 1.54) is 0 Å². The summed E-state index contributed by atoms with van der Waals surface area (Å²) >= 11 is 0. The lowest BCUT2D eigenvalue weighted by molar-refractivity contribution is -0.191. The third kappa shape index (κ3) is 4.70. The van der Waals surface area contributed by atoms with E-state index in [9.17, 15) is 34.5 Å². The van der Waals surface area contributed by atoms with Crippen molar-refractivity contribution in [3.05, 3.63) is 0 Å². The van der Waals surface area contributed by atoms with Crippen molar-refractivity contribution in [2.45, 2.75) is 50.4 Å². The Morgan fingerprint density at radius 1 is 0.808 bits per heavy atom. The van der Waals surface area contributed by atoms with Gasteiger partial charge in [-0.1, -0.05) is 0 Å². The number of carbonyl (C=O) groups is 4. The summed E-state index contributed by atoms with van der Waals surface area (Å²) in [4.78, 5) is 45.1. The Balaban J connectivity index is 2.43. The average molecular weight is 374 g/mol. The summed E-state index contributed by atoms with van der Waals surface area (Å²) in [6, 6.07) is 0. The standard InChI is InChI=1S/C16H22O10/c1-16(6-25-16)15-9(4-13(21)22)7(2-11(17)18)8(3-12(19)20)10(26-15)5-14(23)24/h7-10,15H,2-6H2,1H3,(H,17,18)(H,19,20)(H,21,22)(H,23,24)/t7-,8+,9+,10?,15-,16-/m1/s1. The highest BCUT2D eigenvalue weighted by atomic mass is 16.6. The van der Waals surface area contributed by atoms with Gasteiger partial charge in [-0.25, -0.2) is 0 Å². The lowest BCUT2D eigenvalue weighted by atomic mass is 9.67. The molecule has 10 nitrogen and oxygen atoms in total. The van der Waals surface area contributed by atoms with Gasteiger partial charge in [0.1, 0.15) is 5.60 Å². The third-order valence-electron chi connectivity index (χ3n) is 5.10. The minimum atomic E-state index is -1.23. The van der Waals surface area contributed by atoms with Crippen molar-refractivity contribution >= 4 is 23.9 Å². The molecule has 10 heteroatoms. The molecule has 0 bridgehead atoms. The van der Waals surface area contributed by atoms with E-state index < -0.39 is 85.1 Å². The molecular formula is C16H22O10. The molecule has 0 aromatic rings. The number of hydrogen-bond donors (Lipinski definition) is 4. The second-order valence-corrected chi connectivity index (χ2v) is 7.08. The van der Waals surface area contributed by atoms with Gasteiger partial charge >= 0.3 is 23.9 Å². The van der Waals surface area contributed by atoms with Gasteiger partial charge in [-0.05, 0) is 18.8 Å². The van der Waals surface area contributed by atoms with Gasteiger partial charge in [-0.15, -0.1) is 0 Å². The highest BCUT2D eigenvalue weighted by molar-refractivity contribution is 5.71. The Hall–Kier alpha value is -2.20. The predicted molar refractivity (Wildman–Crippen MR) is 82.5 cm³/mol. The first-order valence-corrected chi connectivity index (χ1v) is 8.20. The molecule has 0 aromatic heterocycles. The van der Waals surface area contributed by atoms with E-state index in [-0.39, 0.29) is 6.61 Å². The van der Waals surface area contributed by atoms with E-state index in [0.29, 0.717) is 0 Å². The van der Waals surface area contributed by atoms with Gasteiger partial charge in [0.05, 0.1) is 38.1 Å². The molecule has 0 amide bonds. The number of epoxide rings is 1. The molecule has 0 aliphatic carbocycles. The summed E-state index contributed by atoms with van der Waals surface area (Å²) in [7, 11) is 0. The van der Waals surface area contributed by atoms with Crippen LogP contribution in [0.2, 0.25) is 0 Å². The van der Waals surface area contributed by atoms with E-state index >= 15 is 0 Å². The molecular weight excluding hydrogens is 352 g/mol. The fourth-order valence-corrected chi connectivity index (χ4v) is 3.90. The van der Waals surface area contributed by atoms with Gasteiger partial charge in [0, 0.05) is 12.3 Å². The molecule has 2 heterocycles. The van der Waals surface area contributed by atoms with Crippen LogP contribution in [0.3, 0.4) is 0 Å². The van der Waals surface area contributed by atoms with Crippen LogP contribution in [0.5, 0.6) is 0 Å². The molecule has 0 radical (unpaired) electrons. The van der Waals surface area contributed by atoms with Crippen LogP contribution >= 0.6 is 0 Å². The lowest BCUT2D eigenvalue weighted by Crippen LogP contribution is -2.54. The van der Waals surface area contributed by atoms with Crippen molar-refractivity contribution in [3.8, 4) is 0 Å². The summed E-state index contributed by atoms with van der Waals surface area (Å²) in [5.74, 6) is -7.41. The first-order chi connectivity index (χ1) is 12.0. The minimum Gasteiger partial charge on any atom is -0.481 e. The van der Waals surface area contributed by atoms with Crippen LogP contribution in [0.15, 0.2) is 0 Å². The predicted octanol–water partition coefficient (Wildman–Crippen LogP) is 0.290. The molecule has 2 fully saturated rings. The van der Waals surface area contributed by atoms with Crippen molar-refractivity contribution < 1.29 is 49.1 Å². The van der Waals surface area contributed by atoms with Crippen LogP contribution in [0.1, 0.15) is 32.6 Å². The van der Waals surface area contributed by atoms with Gasteiger partial charge in [-0.2, -0.15) is 0 Å². The molecule has 1 unspecified atom stereocenters. The maximum atomic E-state index is 11.3. The average Bonchev–Trinajstić information content (AvgIpc) is 3.21. The summed E-state index contributed by atoms with van der Waals surface area (Å²) in [5, 5.41) is 36.8. The minimum absolute atomic E-state index is 0.275. The highest BCUT2D eigenvalue weighted by Crippen LogP contribution is 2.49. The molecule has 2 aliphatic rings. The van der Waals surface area contributed by atoms with Crippen LogP contribution in [-0.2, 0) is 28.7 Å². The van der Waals surface area contributed by atoms with Gasteiger partial charge in [0.2, 0.25) is 0 Å². The number of ether oxygens (including phenoxy) is 2. The Bertz CT molecular complexity index is 596. The van der Waals surface area contributed by atoms with Crippen LogP contribution in [0.25, 0.3) is 0 Å². The third-order valence-corrected chi connectivity index (χ3v) is 5.10. The van der Waals surface area contributed by atoms with Gasteiger partial charge < -0.3 is 29.9 Å². The smallest absolute Gasteiger partial charge is 0.305 e. The molecule has 0 saturated carbocycles. The second-order valence-electron chi connectivity index (χ2n) is 7.08. The fraction of sp³-hybridized carbons (Fsp3) is 0.750.